The van der Waals surface area contributed by atoms with Gasteiger partial charge in [0.05, 0.1) is 30.1 Å². The number of aromatic nitrogens is 2. The van der Waals surface area contributed by atoms with Gasteiger partial charge in [-0.25, -0.2) is 0 Å². The Bertz CT molecular complexity index is 680. The van der Waals surface area contributed by atoms with Crippen molar-refractivity contribution >= 4 is 23.2 Å². The molecule has 0 aliphatic heterocycles. The van der Waals surface area contributed by atoms with E-state index in [4.69, 9.17) is 11.6 Å². The monoisotopic (exact) mass is 349 g/mol. The molecule has 0 spiro atoms. The summed E-state index contributed by atoms with van der Waals surface area (Å²) < 4.78 is 1.93. The first-order chi connectivity index (χ1) is 11.4. The smallest absolute Gasteiger partial charge is 0.227 e. The van der Waals surface area contributed by atoms with E-state index in [-0.39, 0.29) is 12.3 Å². The molecule has 0 bridgehead atoms. The molecule has 0 saturated carbocycles. The van der Waals surface area contributed by atoms with Crippen LogP contribution < -0.4 is 5.32 Å². The molecule has 0 fully saturated rings. The molecule has 1 amide bonds. The Morgan fingerprint density at radius 3 is 2.58 bits per heavy atom. The topological polar surface area (TPSA) is 67.2 Å². The van der Waals surface area contributed by atoms with E-state index in [0.717, 1.165) is 18.7 Å². The Labute approximate surface area is 147 Å². The molecule has 5 nitrogen and oxygen atoms in total. The molecule has 1 aromatic heterocycles. The lowest BCUT2D eigenvalue weighted by Gasteiger charge is -2.13. The SMILES string of the molecule is CCc1c(NC(=O)CC(O)c2ccc(Cl)cc2)cnn1CC(C)C. The maximum absolute atomic E-state index is 12.2. The van der Waals surface area contributed by atoms with Gasteiger partial charge in [-0.05, 0) is 30.0 Å². The van der Waals surface area contributed by atoms with Gasteiger partial charge in [-0.1, -0.05) is 44.5 Å². The third-order valence-electron chi connectivity index (χ3n) is 3.73. The number of carbonyl (C=O) groups is 1. The highest BCUT2D eigenvalue weighted by molar-refractivity contribution is 6.30. The van der Waals surface area contributed by atoms with Crippen LogP contribution in [-0.4, -0.2) is 20.8 Å². The zero-order chi connectivity index (χ0) is 17.7. The van der Waals surface area contributed by atoms with Gasteiger partial charge in [0.2, 0.25) is 5.91 Å². The van der Waals surface area contributed by atoms with E-state index in [1.54, 1.807) is 30.5 Å². The van der Waals surface area contributed by atoms with Crippen LogP contribution >= 0.6 is 11.6 Å². The van der Waals surface area contributed by atoms with E-state index in [2.05, 4.69) is 24.3 Å². The Hall–Kier alpha value is -1.85. The predicted molar refractivity (Wildman–Crippen MR) is 96.1 cm³/mol. The van der Waals surface area contributed by atoms with Crippen LogP contribution in [0, 0.1) is 5.92 Å². The molecule has 0 aliphatic carbocycles. The van der Waals surface area contributed by atoms with Crippen molar-refractivity contribution in [3.63, 3.8) is 0 Å². The van der Waals surface area contributed by atoms with Crippen molar-refractivity contribution in [1.29, 1.82) is 0 Å². The zero-order valence-corrected chi connectivity index (χ0v) is 15.0. The molecule has 2 aromatic rings. The first-order valence-electron chi connectivity index (χ1n) is 8.18. The molecule has 0 radical (unpaired) electrons. The molecule has 1 atom stereocenters. The van der Waals surface area contributed by atoms with Crippen molar-refractivity contribution in [3.8, 4) is 0 Å². The van der Waals surface area contributed by atoms with Gasteiger partial charge in [0.25, 0.3) is 0 Å². The lowest BCUT2D eigenvalue weighted by molar-refractivity contribution is -0.118. The summed E-state index contributed by atoms with van der Waals surface area (Å²) in [7, 11) is 0. The number of nitrogens with one attached hydrogen (secondary N) is 1. The van der Waals surface area contributed by atoms with Crippen LogP contribution in [0.5, 0.6) is 0 Å². The van der Waals surface area contributed by atoms with Gasteiger partial charge in [-0.15, -0.1) is 0 Å². The lowest BCUT2D eigenvalue weighted by atomic mass is 10.1. The van der Waals surface area contributed by atoms with Crippen LogP contribution in [0.2, 0.25) is 5.02 Å². The molecule has 130 valence electrons. The fraction of sp³-hybridized carbons (Fsp3) is 0.444. The van der Waals surface area contributed by atoms with Gasteiger partial charge in [0.1, 0.15) is 0 Å². The van der Waals surface area contributed by atoms with Crippen molar-refractivity contribution < 1.29 is 9.90 Å². The molecule has 1 aromatic carbocycles. The number of aliphatic hydroxyl groups excluding tert-OH is 1. The second kappa shape index (κ2) is 8.31. The molecule has 0 aliphatic rings. The second-order valence-corrected chi connectivity index (χ2v) is 6.69. The molecule has 0 saturated heterocycles. The largest absolute Gasteiger partial charge is 0.388 e. The van der Waals surface area contributed by atoms with Gasteiger partial charge in [0, 0.05) is 11.6 Å². The Morgan fingerprint density at radius 1 is 1.33 bits per heavy atom. The van der Waals surface area contributed by atoms with Gasteiger partial charge < -0.3 is 10.4 Å². The van der Waals surface area contributed by atoms with Crippen LogP contribution in [0.1, 0.15) is 44.6 Å². The van der Waals surface area contributed by atoms with Crippen molar-refractivity contribution in [3.05, 3.63) is 46.7 Å². The van der Waals surface area contributed by atoms with E-state index >= 15 is 0 Å². The van der Waals surface area contributed by atoms with E-state index in [1.165, 1.54) is 0 Å². The van der Waals surface area contributed by atoms with Crippen LogP contribution in [0.3, 0.4) is 0 Å². The van der Waals surface area contributed by atoms with Crippen molar-refractivity contribution in [2.75, 3.05) is 5.32 Å². The van der Waals surface area contributed by atoms with Crippen molar-refractivity contribution in [1.82, 2.24) is 9.78 Å². The van der Waals surface area contributed by atoms with Gasteiger partial charge in [-0.2, -0.15) is 5.10 Å². The number of carbonyl (C=O) groups excluding carboxylic acids is 1. The van der Waals surface area contributed by atoms with Gasteiger partial charge in [0.15, 0.2) is 0 Å². The predicted octanol–water partition coefficient (Wildman–Crippen LogP) is 3.82. The summed E-state index contributed by atoms with van der Waals surface area (Å²) in [6, 6.07) is 6.84. The summed E-state index contributed by atoms with van der Waals surface area (Å²) in [6.45, 7) is 7.10. The fourth-order valence-corrected chi connectivity index (χ4v) is 2.70. The number of amides is 1. The van der Waals surface area contributed by atoms with E-state index < -0.39 is 6.10 Å². The third kappa shape index (κ3) is 4.82. The standard InChI is InChI=1S/C18H24ClN3O2/c1-4-16-15(10-20-22(16)11-12(2)3)21-18(24)9-17(23)13-5-7-14(19)8-6-13/h5-8,10,12,17,23H,4,9,11H2,1-3H3,(H,21,24). The summed E-state index contributed by atoms with van der Waals surface area (Å²) in [6.07, 6.45) is 1.58. The average Bonchev–Trinajstić information content (AvgIpc) is 2.88. The number of anilines is 1. The van der Waals surface area contributed by atoms with Gasteiger partial charge >= 0.3 is 0 Å². The van der Waals surface area contributed by atoms with Crippen LogP contribution in [0.4, 0.5) is 5.69 Å². The van der Waals surface area contributed by atoms with Crippen LogP contribution in [-0.2, 0) is 17.8 Å². The highest BCUT2D eigenvalue weighted by atomic mass is 35.5. The number of halogens is 1. The molecule has 6 heteroatoms. The first kappa shape index (κ1) is 18.5. The minimum atomic E-state index is -0.863. The summed E-state index contributed by atoms with van der Waals surface area (Å²) >= 11 is 5.83. The Morgan fingerprint density at radius 2 is 2.00 bits per heavy atom. The number of aliphatic hydroxyl groups is 1. The number of nitrogens with zero attached hydrogens (tertiary/aromatic N) is 2. The number of hydrogen-bond donors (Lipinski definition) is 2. The van der Waals surface area contributed by atoms with E-state index in [9.17, 15) is 9.90 Å². The number of hydrogen-bond acceptors (Lipinski definition) is 3. The van der Waals surface area contributed by atoms with Crippen molar-refractivity contribution in [2.45, 2.75) is 46.3 Å². The maximum Gasteiger partial charge on any atom is 0.227 e. The molecular weight excluding hydrogens is 326 g/mol. The zero-order valence-electron chi connectivity index (χ0n) is 14.3. The lowest BCUT2D eigenvalue weighted by Crippen LogP contribution is -2.17. The summed E-state index contributed by atoms with van der Waals surface area (Å²) in [5.41, 5.74) is 2.38. The number of rotatable bonds is 7. The maximum atomic E-state index is 12.2. The van der Waals surface area contributed by atoms with Crippen LogP contribution in [0.25, 0.3) is 0 Å². The number of benzene rings is 1. The summed E-state index contributed by atoms with van der Waals surface area (Å²) in [4.78, 5) is 12.2. The highest BCUT2D eigenvalue weighted by Gasteiger charge is 2.16. The molecule has 2 N–H and O–H groups in total. The second-order valence-electron chi connectivity index (χ2n) is 6.25. The van der Waals surface area contributed by atoms with Crippen molar-refractivity contribution in [2.24, 2.45) is 5.92 Å². The summed E-state index contributed by atoms with van der Waals surface area (Å²) in [5.74, 6) is 0.238. The minimum absolute atomic E-state index is 0.0137. The molecule has 1 unspecified atom stereocenters. The molecule has 1 heterocycles. The molecule has 24 heavy (non-hydrogen) atoms. The fourth-order valence-electron chi connectivity index (χ4n) is 2.57. The van der Waals surface area contributed by atoms with E-state index in [1.807, 2.05) is 11.6 Å². The highest BCUT2D eigenvalue weighted by Crippen LogP contribution is 2.21. The minimum Gasteiger partial charge on any atom is -0.388 e. The molecular formula is C18H24ClN3O2. The third-order valence-corrected chi connectivity index (χ3v) is 3.98. The first-order valence-corrected chi connectivity index (χ1v) is 8.56. The van der Waals surface area contributed by atoms with Crippen LogP contribution in [0.15, 0.2) is 30.5 Å². The van der Waals surface area contributed by atoms with E-state index in [0.29, 0.717) is 22.2 Å². The average molecular weight is 350 g/mol. The Balaban J connectivity index is 2.01. The molecule has 2 rings (SSSR count). The normalized spacial score (nSPS) is 12.4. The summed E-state index contributed by atoms with van der Waals surface area (Å²) in [5, 5.41) is 18.0. The Kier molecular flexibility index (Phi) is 6.40. The quantitative estimate of drug-likeness (QED) is 0.798. The van der Waals surface area contributed by atoms with Gasteiger partial charge in [-0.3, -0.25) is 9.48 Å².